The molecule has 1 fully saturated rings. The summed E-state index contributed by atoms with van der Waals surface area (Å²) in [5, 5.41) is 8.32. The van der Waals surface area contributed by atoms with Crippen molar-refractivity contribution in [1.29, 1.82) is 5.41 Å². The zero-order valence-corrected chi connectivity index (χ0v) is 16.1. The number of amides is 2. The van der Waals surface area contributed by atoms with Crippen LogP contribution in [-0.4, -0.2) is 37.3 Å². The van der Waals surface area contributed by atoms with Gasteiger partial charge in [-0.15, -0.1) is 11.8 Å². The van der Waals surface area contributed by atoms with E-state index >= 15 is 0 Å². The van der Waals surface area contributed by atoms with Gasteiger partial charge < -0.3 is 9.47 Å². The summed E-state index contributed by atoms with van der Waals surface area (Å²) >= 11 is 6.97. The summed E-state index contributed by atoms with van der Waals surface area (Å²) in [6, 6.07) is 12.1. The number of thiocarbonyl (C=S) groups is 1. The molecule has 0 aromatic heterocycles. The third-order valence-corrected chi connectivity index (χ3v) is 5.09. The predicted molar refractivity (Wildman–Crippen MR) is 108 cm³/mol. The summed E-state index contributed by atoms with van der Waals surface area (Å²) in [5.74, 6) is 0.995. The maximum Gasteiger partial charge on any atom is 0.340 e. The van der Waals surface area contributed by atoms with Gasteiger partial charge in [-0.3, -0.25) is 5.41 Å². The first-order chi connectivity index (χ1) is 12.5. The Morgan fingerprint density at radius 3 is 2.31 bits per heavy atom. The Morgan fingerprint density at radius 2 is 1.73 bits per heavy atom. The predicted octanol–water partition coefficient (Wildman–Crippen LogP) is 4.18. The maximum atomic E-state index is 13.0. The van der Waals surface area contributed by atoms with Gasteiger partial charge in [0.15, 0.2) is 10.8 Å². The second-order valence-corrected chi connectivity index (χ2v) is 6.61. The van der Waals surface area contributed by atoms with Gasteiger partial charge in [-0.25, -0.2) is 14.6 Å². The monoisotopic (exact) mass is 387 g/mol. The van der Waals surface area contributed by atoms with E-state index in [9.17, 15) is 4.79 Å². The van der Waals surface area contributed by atoms with Gasteiger partial charge in [-0.1, -0.05) is 12.2 Å². The number of nitrogens with one attached hydrogen (secondary N) is 1. The average molecular weight is 387 g/mol. The Hall–Kier alpha value is -2.58. The molecular weight excluding hydrogens is 370 g/mol. The highest BCUT2D eigenvalue weighted by Gasteiger charge is 2.41. The number of methoxy groups -OCH3 is 2. The SMILES string of the molecule is COc1ccc(N2C(=O)N(c3ccc(SC)cc3)C(=N)C2=S)c(OC)c1. The molecule has 1 aliphatic rings. The molecule has 3 rings (SSSR count). The smallest absolute Gasteiger partial charge is 0.340 e. The van der Waals surface area contributed by atoms with E-state index in [1.807, 2.05) is 18.4 Å². The normalized spacial score (nSPS) is 14.2. The van der Waals surface area contributed by atoms with E-state index in [4.69, 9.17) is 27.1 Å². The highest BCUT2D eigenvalue weighted by atomic mass is 32.2. The van der Waals surface area contributed by atoms with Crippen LogP contribution in [0.2, 0.25) is 0 Å². The van der Waals surface area contributed by atoms with Crippen LogP contribution in [0.15, 0.2) is 47.4 Å². The van der Waals surface area contributed by atoms with Crippen molar-refractivity contribution < 1.29 is 14.3 Å². The standard InChI is InChI=1S/C18H17N3O3S2/c1-23-12-6-9-14(15(10-12)24-2)21-17(25)16(19)20(18(21)22)11-4-7-13(26-3)8-5-11/h4-10,19H,1-3H3. The Labute approximate surface area is 161 Å². The van der Waals surface area contributed by atoms with Crippen LogP contribution in [0.4, 0.5) is 16.2 Å². The lowest BCUT2D eigenvalue weighted by molar-refractivity contribution is 0.257. The van der Waals surface area contributed by atoms with Crippen LogP contribution in [0.1, 0.15) is 0 Å². The number of benzene rings is 2. The van der Waals surface area contributed by atoms with Gasteiger partial charge in [-0.2, -0.15) is 0 Å². The molecule has 1 heterocycles. The first kappa shape index (κ1) is 18.2. The molecule has 0 atom stereocenters. The van der Waals surface area contributed by atoms with Crippen LogP contribution in [0.3, 0.4) is 0 Å². The van der Waals surface area contributed by atoms with Gasteiger partial charge in [0.05, 0.1) is 25.6 Å². The zero-order valence-electron chi connectivity index (χ0n) is 14.5. The minimum Gasteiger partial charge on any atom is -0.497 e. The average Bonchev–Trinajstić information content (AvgIpc) is 2.90. The van der Waals surface area contributed by atoms with Crippen molar-refractivity contribution in [2.45, 2.75) is 4.90 Å². The lowest BCUT2D eigenvalue weighted by Crippen LogP contribution is -2.33. The molecule has 0 radical (unpaired) electrons. The molecule has 134 valence electrons. The van der Waals surface area contributed by atoms with E-state index in [0.717, 1.165) is 4.90 Å². The van der Waals surface area contributed by atoms with Crippen molar-refractivity contribution in [1.82, 2.24) is 0 Å². The number of urea groups is 1. The largest absolute Gasteiger partial charge is 0.497 e. The molecule has 0 unspecified atom stereocenters. The Kier molecular flexibility index (Phi) is 5.15. The molecule has 6 nitrogen and oxygen atoms in total. The van der Waals surface area contributed by atoms with Gasteiger partial charge in [0.2, 0.25) is 0 Å². The summed E-state index contributed by atoms with van der Waals surface area (Å²) in [6.45, 7) is 0. The van der Waals surface area contributed by atoms with Gasteiger partial charge in [0.25, 0.3) is 0 Å². The molecule has 0 aliphatic carbocycles. The number of thioether (sulfide) groups is 1. The highest BCUT2D eigenvalue weighted by Crippen LogP contribution is 2.36. The van der Waals surface area contributed by atoms with Crippen molar-refractivity contribution in [3.8, 4) is 11.5 Å². The lowest BCUT2D eigenvalue weighted by Gasteiger charge is -2.19. The third kappa shape index (κ3) is 3.02. The molecule has 26 heavy (non-hydrogen) atoms. The van der Waals surface area contributed by atoms with E-state index < -0.39 is 6.03 Å². The van der Waals surface area contributed by atoms with Crippen molar-refractivity contribution in [3.63, 3.8) is 0 Å². The van der Waals surface area contributed by atoms with Gasteiger partial charge in [0.1, 0.15) is 11.5 Å². The summed E-state index contributed by atoms with van der Waals surface area (Å²) in [7, 11) is 3.06. The minimum absolute atomic E-state index is 0.0419. The zero-order chi connectivity index (χ0) is 18.8. The number of carbonyl (C=O) groups is 1. The van der Waals surface area contributed by atoms with E-state index in [1.165, 1.54) is 16.9 Å². The number of hydrogen-bond acceptors (Lipinski definition) is 6. The Bertz CT molecular complexity index is 884. The molecule has 0 saturated carbocycles. The highest BCUT2D eigenvalue weighted by molar-refractivity contribution is 7.98. The second-order valence-electron chi connectivity index (χ2n) is 5.34. The quantitative estimate of drug-likeness (QED) is 0.616. The van der Waals surface area contributed by atoms with Crippen LogP contribution in [0, 0.1) is 5.41 Å². The van der Waals surface area contributed by atoms with E-state index in [0.29, 0.717) is 22.9 Å². The van der Waals surface area contributed by atoms with Crippen LogP contribution in [0.25, 0.3) is 0 Å². The molecule has 1 N–H and O–H groups in total. The van der Waals surface area contributed by atoms with Crippen LogP contribution in [0.5, 0.6) is 11.5 Å². The van der Waals surface area contributed by atoms with Gasteiger partial charge in [0, 0.05) is 11.0 Å². The molecule has 0 spiro atoms. The van der Waals surface area contributed by atoms with Crippen molar-refractivity contribution >= 4 is 52.2 Å². The fourth-order valence-electron chi connectivity index (χ4n) is 2.64. The Morgan fingerprint density at radius 1 is 1.04 bits per heavy atom. The van der Waals surface area contributed by atoms with Crippen molar-refractivity contribution in [2.75, 3.05) is 30.3 Å². The summed E-state index contributed by atoms with van der Waals surface area (Å²) < 4.78 is 10.6. The molecule has 0 bridgehead atoms. The molecular formula is C18H17N3O3S2. The number of rotatable bonds is 5. The number of anilines is 2. The van der Waals surface area contributed by atoms with Crippen LogP contribution < -0.4 is 19.3 Å². The number of ether oxygens (including phenoxy) is 2. The van der Waals surface area contributed by atoms with Crippen molar-refractivity contribution in [3.05, 3.63) is 42.5 Å². The number of hydrogen-bond donors (Lipinski definition) is 1. The summed E-state index contributed by atoms with van der Waals surface area (Å²) in [4.78, 5) is 16.8. The Balaban J connectivity index is 2.01. The fraction of sp³-hybridized carbons (Fsp3) is 0.167. The molecule has 8 heteroatoms. The number of carbonyl (C=O) groups excluding carboxylic acids is 1. The maximum absolute atomic E-state index is 13.0. The first-order valence-corrected chi connectivity index (χ1v) is 9.28. The number of amidine groups is 1. The van der Waals surface area contributed by atoms with E-state index in [2.05, 4.69) is 0 Å². The molecule has 2 amide bonds. The summed E-state index contributed by atoms with van der Waals surface area (Å²) in [6.07, 6.45) is 1.98. The van der Waals surface area contributed by atoms with Crippen LogP contribution >= 0.6 is 24.0 Å². The van der Waals surface area contributed by atoms with E-state index in [1.54, 1.807) is 49.2 Å². The number of nitrogens with zero attached hydrogens (tertiary/aromatic N) is 2. The molecule has 1 aliphatic heterocycles. The van der Waals surface area contributed by atoms with Crippen LogP contribution in [-0.2, 0) is 0 Å². The summed E-state index contributed by atoms with van der Waals surface area (Å²) in [5.41, 5.74) is 1.06. The third-order valence-electron chi connectivity index (χ3n) is 3.97. The van der Waals surface area contributed by atoms with Gasteiger partial charge in [-0.05, 0) is 42.7 Å². The fourth-order valence-corrected chi connectivity index (χ4v) is 3.31. The van der Waals surface area contributed by atoms with E-state index in [-0.39, 0.29) is 10.8 Å². The first-order valence-electron chi connectivity index (χ1n) is 7.65. The minimum atomic E-state index is -0.416. The topological polar surface area (TPSA) is 65.9 Å². The van der Waals surface area contributed by atoms with Gasteiger partial charge >= 0.3 is 6.03 Å². The lowest BCUT2D eigenvalue weighted by atomic mass is 10.2. The second kappa shape index (κ2) is 7.35. The van der Waals surface area contributed by atoms with Crippen molar-refractivity contribution in [2.24, 2.45) is 0 Å². The molecule has 2 aromatic rings. The molecule has 2 aromatic carbocycles. The molecule has 1 saturated heterocycles.